The summed E-state index contributed by atoms with van der Waals surface area (Å²) in [6.07, 6.45) is 7.26. The fourth-order valence-corrected chi connectivity index (χ4v) is 6.51. The SMILES string of the molecule is CCOC(=O)C(C)(C)Oc1c(C)cc(CC[C@H]2CN(C(=O)OC3CCCC3)CC2C(=O)c2ccc(SC)cc2)cc1C. The van der Waals surface area contributed by atoms with Gasteiger partial charge in [-0.3, -0.25) is 4.79 Å². The monoisotopic (exact) mass is 595 g/mol. The number of likely N-dealkylation sites (tertiary alicyclic amines) is 1. The van der Waals surface area contributed by atoms with Gasteiger partial charge in [0.05, 0.1) is 6.61 Å². The standard InChI is InChI=1S/C34H45NO6S/c1-7-39-32(37)34(4,5)41-31-22(2)18-24(19-23(31)3)12-13-26-20-35(33(38)40-27-10-8-9-11-27)21-29(26)30(36)25-14-16-28(42-6)17-15-25/h14-19,26-27,29H,7-13,20-21H2,1-6H3/t26-,29?/m0/s1. The number of carbonyl (C=O) groups excluding carboxylic acids is 3. The molecule has 1 heterocycles. The van der Waals surface area contributed by atoms with Crippen LogP contribution in [0.2, 0.25) is 0 Å². The van der Waals surface area contributed by atoms with Crippen LogP contribution in [0.3, 0.4) is 0 Å². The summed E-state index contributed by atoms with van der Waals surface area (Å²) in [7, 11) is 0. The summed E-state index contributed by atoms with van der Waals surface area (Å²) in [6.45, 7) is 10.4. The Morgan fingerprint density at radius 2 is 1.64 bits per heavy atom. The van der Waals surface area contributed by atoms with Crippen molar-refractivity contribution in [3.8, 4) is 5.75 Å². The fraction of sp³-hybridized carbons (Fsp3) is 0.559. The second kappa shape index (κ2) is 14.0. The van der Waals surface area contributed by atoms with Crippen LogP contribution in [-0.2, 0) is 20.7 Å². The maximum Gasteiger partial charge on any atom is 0.410 e. The van der Waals surface area contributed by atoms with Crippen molar-refractivity contribution in [2.75, 3.05) is 26.0 Å². The lowest BCUT2D eigenvalue weighted by molar-refractivity contribution is -0.158. The lowest BCUT2D eigenvalue weighted by atomic mass is 9.84. The smallest absolute Gasteiger partial charge is 0.410 e. The Morgan fingerprint density at radius 3 is 2.24 bits per heavy atom. The highest BCUT2D eigenvalue weighted by Gasteiger charge is 2.41. The molecule has 2 fully saturated rings. The van der Waals surface area contributed by atoms with Crippen molar-refractivity contribution in [3.05, 3.63) is 58.7 Å². The van der Waals surface area contributed by atoms with E-state index in [1.165, 1.54) is 0 Å². The Labute approximate surface area is 254 Å². The molecule has 228 valence electrons. The van der Waals surface area contributed by atoms with Gasteiger partial charge in [0, 0.05) is 29.5 Å². The highest BCUT2D eigenvalue weighted by Crippen LogP contribution is 2.34. The molecular weight excluding hydrogens is 550 g/mol. The molecule has 2 aliphatic rings. The molecule has 2 atom stereocenters. The van der Waals surface area contributed by atoms with Crippen LogP contribution in [0.1, 0.15) is 79.9 Å². The molecule has 1 unspecified atom stereocenters. The number of hydrogen-bond acceptors (Lipinski definition) is 7. The molecule has 1 saturated heterocycles. The lowest BCUT2D eigenvalue weighted by Gasteiger charge is -2.26. The zero-order valence-corrected chi connectivity index (χ0v) is 26.7. The highest BCUT2D eigenvalue weighted by atomic mass is 32.2. The van der Waals surface area contributed by atoms with Gasteiger partial charge in [0.15, 0.2) is 11.4 Å². The molecular formula is C34H45NO6S. The molecule has 8 heteroatoms. The minimum atomic E-state index is -1.10. The molecule has 0 aromatic heterocycles. The number of nitrogens with zero attached hydrogens (tertiary/aromatic N) is 1. The van der Waals surface area contributed by atoms with E-state index in [0.29, 0.717) is 31.0 Å². The summed E-state index contributed by atoms with van der Waals surface area (Å²) in [6, 6.07) is 11.9. The first-order chi connectivity index (χ1) is 20.0. The molecule has 1 aliphatic carbocycles. The van der Waals surface area contributed by atoms with Crippen molar-refractivity contribution in [2.45, 2.75) is 89.7 Å². The maximum atomic E-state index is 13.7. The minimum absolute atomic E-state index is 0.00900. The summed E-state index contributed by atoms with van der Waals surface area (Å²) in [5, 5.41) is 0. The van der Waals surface area contributed by atoms with E-state index in [4.69, 9.17) is 14.2 Å². The molecule has 0 radical (unpaired) electrons. The van der Waals surface area contributed by atoms with Gasteiger partial charge in [-0.1, -0.05) is 24.3 Å². The van der Waals surface area contributed by atoms with Crippen molar-refractivity contribution in [1.29, 1.82) is 0 Å². The predicted molar refractivity (Wildman–Crippen MR) is 165 cm³/mol. The number of benzene rings is 2. The number of aryl methyl sites for hydroxylation is 3. The van der Waals surface area contributed by atoms with E-state index in [0.717, 1.165) is 60.1 Å². The van der Waals surface area contributed by atoms with E-state index < -0.39 is 11.6 Å². The molecule has 0 bridgehead atoms. The molecule has 4 rings (SSSR count). The van der Waals surface area contributed by atoms with Gasteiger partial charge in [0.1, 0.15) is 11.9 Å². The number of hydrogen-bond donors (Lipinski definition) is 0. The normalized spacial score (nSPS) is 19.1. The first kappa shape index (κ1) is 31.9. The minimum Gasteiger partial charge on any atom is -0.476 e. The van der Waals surface area contributed by atoms with E-state index in [1.54, 1.807) is 37.4 Å². The van der Waals surface area contributed by atoms with Gasteiger partial charge in [-0.25, -0.2) is 9.59 Å². The zero-order chi connectivity index (χ0) is 30.4. The molecule has 42 heavy (non-hydrogen) atoms. The third kappa shape index (κ3) is 7.68. The molecule has 1 aliphatic heterocycles. The number of ether oxygens (including phenoxy) is 3. The van der Waals surface area contributed by atoms with Gasteiger partial charge in [0.25, 0.3) is 0 Å². The third-order valence-electron chi connectivity index (χ3n) is 8.43. The van der Waals surface area contributed by atoms with Crippen molar-refractivity contribution in [3.63, 3.8) is 0 Å². The van der Waals surface area contributed by atoms with E-state index in [1.807, 2.05) is 44.4 Å². The molecule has 2 aromatic rings. The van der Waals surface area contributed by atoms with Crippen LogP contribution in [0, 0.1) is 25.7 Å². The lowest BCUT2D eigenvalue weighted by Crippen LogP contribution is -2.40. The summed E-state index contributed by atoms with van der Waals surface area (Å²) >= 11 is 1.64. The summed E-state index contributed by atoms with van der Waals surface area (Å²) in [5.41, 5.74) is 2.60. The van der Waals surface area contributed by atoms with Gasteiger partial charge >= 0.3 is 12.1 Å². The average Bonchev–Trinajstić information content (AvgIpc) is 3.64. The quantitative estimate of drug-likeness (QED) is 0.154. The maximum absolute atomic E-state index is 13.7. The van der Waals surface area contributed by atoms with Crippen LogP contribution < -0.4 is 4.74 Å². The molecule has 1 amide bonds. The molecule has 1 saturated carbocycles. The van der Waals surface area contributed by atoms with Crippen molar-refractivity contribution in [1.82, 2.24) is 4.90 Å². The average molecular weight is 596 g/mol. The molecule has 0 N–H and O–H groups in total. The Hall–Kier alpha value is -3.00. The van der Waals surface area contributed by atoms with Crippen molar-refractivity contribution in [2.24, 2.45) is 11.8 Å². The highest BCUT2D eigenvalue weighted by molar-refractivity contribution is 7.98. The van der Waals surface area contributed by atoms with Crippen LogP contribution in [0.4, 0.5) is 4.79 Å². The molecule has 0 spiro atoms. The summed E-state index contributed by atoms with van der Waals surface area (Å²) in [4.78, 5) is 42.1. The zero-order valence-electron chi connectivity index (χ0n) is 25.9. The number of esters is 1. The number of amides is 1. The largest absolute Gasteiger partial charge is 0.476 e. The van der Waals surface area contributed by atoms with E-state index in [2.05, 4.69) is 12.1 Å². The second-order valence-electron chi connectivity index (χ2n) is 12.1. The Kier molecular flexibility index (Phi) is 10.6. The molecule has 7 nitrogen and oxygen atoms in total. The number of carbonyl (C=O) groups is 3. The fourth-order valence-electron chi connectivity index (χ4n) is 6.10. The van der Waals surface area contributed by atoms with Crippen LogP contribution in [-0.4, -0.2) is 60.4 Å². The van der Waals surface area contributed by atoms with Crippen LogP contribution in [0.15, 0.2) is 41.3 Å². The van der Waals surface area contributed by atoms with Gasteiger partial charge in [-0.15, -0.1) is 11.8 Å². The Bertz CT molecular complexity index is 1240. The first-order valence-corrected chi connectivity index (χ1v) is 16.3. The van der Waals surface area contributed by atoms with Crippen LogP contribution in [0.5, 0.6) is 5.75 Å². The van der Waals surface area contributed by atoms with E-state index in [-0.39, 0.29) is 29.8 Å². The van der Waals surface area contributed by atoms with Crippen molar-refractivity contribution >= 4 is 29.6 Å². The topological polar surface area (TPSA) is 82.1 Å². The predicted octanol–water partition coefficient (Wildman–Crippen LogP) is 7.19. The first-order valence-electron chi connectivity index (χ1n) is 15.1. The second-order valence-corrected chi connectivity index (χ2v) is 13.0. The number of Topliss-reactive ketones (excluding diaryl/α,β-unsaturated/α-hetero) is 1. The van der Waals surface area contributed by atoms with Crippen molar-refractivity contribution < 1.29 is 28.6 Å². The summed E-state index contributed by atoms with van der Waals surface area (Å²) in [5.74, 6) is 0.106. The summed E-state index contributed by atoms with van der Waals surface area (Å²) < 4.78 is 17.1. The number of rotatable bonds is 11. The van der Waals surface area contributed by atoms with E-state index >= 15 is 0 Å². The van der Waals surface area contributed by atoms with Gasteiger partial charge in [-0.05, 0) is 114 Å². The van der Waals surface area contributed by atoms with Gasteiger partial charge < -0.3 is 19.1 Å². The Balaban J connectivity index is 1.48. The Morgan fingerprint density at radius 1 is 1.00 bits per heavy atom. The molecule has 2 aromatic carbocycles. The van der Waals surface area contributed by atoms with E-state index in [9.17, 15) is 14.4 Å². The third-order valence-corrected chi connectivity index (χ3v) is 9.17. The van der Waals surface area contributed by atoms with Crippen LogP contribution >= 0.6 is 11.8 Å². The van der Waals surface area contributed by atoms with Gasteiger partial charge in [0.2, 0.25) is 0 Å². The number of ketones is 1. The van der Waals surface area contributed by atoms with Gasteiger partial charge in [-0.2, -0.15) is 0 Å². The van der Waals surface area contributed by atoms with Crippen LogP contribution in [0.25, 0.3) is 0 Å². The number of thioether (sulfide) groups is 1.